The lowest BCUT2D eigenvalue weighted by Crippen LogP contribution is -2.23. The number of anilines is 3. The maximum Gasteiger partial charge on any atom is 0.328 e. The zero-order valence-corrected chi connectivity index (χ0v) is 19.6. The molecule has 4 aromatic carbocycles. The SMILES string of the molecule is O=C1CN(C=Cc2cccc(C=Cc3ccc(N(c4ccccc4)c4ccccc4)cc3)c2)C(=O)N1. The first-order chi connectivity index (χ1) is 17.7. The van der Waals surface area contributed by atoms with Crippen LogP contribution in [0.2, 0.25) is 0 Å². The molecule has 3 amide bonds. The second-order valence-corrected chi connectivity index (χ2v) is 8.40. The van der Waals surface area contributed by atoms with Crippen molar-refractivity contribution in [1.29, 1.82) is 0 Å². The van der Waals surface area contributed by atoms with Gasteiger partial charge in [-0.25, -0.2) is 4.79 Å². The van der Waals surface area contributed by atoms with Crippen molar-refractivity contribution in [2.75, 3.05) is 11.4 Å². The highest BCUT2D eigenvalue weighted by molar-refractivity contribution is 6.02. The quantitative estimate of drug-likeness (QED) is 0.237. The average molecular weight is 472 g/mol. The Morgan fingerprint density at radius 2 is 1.17 bits per heavy atom. The molecule has 0 radical (unpaired) electrons. The molecule has 0 bridgehead atoms. The van der Waals surface area contributed by atoms with Gasteiger partial charge in [0.25, 0.3) is 0 Å². The first-order valence-corrected chi connectivity index (χ1v) is 11.7. The van der Waals surface area contributed by atoms with Crippen molar-refractivity contribution < 1.29 is 9.59 Å². The van der Waals surface area contributed by atoms with Crippen molar-refractivity contribution in [2.45, 2.75) is 0 Å². The highest BCUT2D eigenvalue weighted by Crippen LogP contribution is 2.34. The van der Waals surface area contributed by atoms with Gasteiger partial charge in [0, 0.05) is 23.3 Å². The standard InChI is InChI=1S/C31H25N3O2/c35-30-23-33(31(36)32-30)21-20-26-9-7-8-25(22-26)15-14-24-16-18-29(19-17-24)34(27-10-3-1-4-11-27)28-12-5-2-6-13-28/h1-22H,23H2,(H,32,35,36). The van der Waals surface area contributed by atoms with Gasteiger partial charge in [0.1, 0.15) is 6.54 Å². The molecule has 1 N–H and O–H groups in total. The van der Waals surface area contributed by atoms with Crippen molar-refractivity contribution in [1.82, 2.24) is 10.2 Å². The van der Waals surface area contributed by atoms with Crippen LogP contribution in [-0.4, -0.2) is 23.4 Å². The minimum atomic E-state index is -0.395. The van der Waals surface area contributed by atoms with Crippen LogP contribution >= 0.6 is 0 Å². The van der Waals surface area contributed by atoms with Crippen molar-refractivity contribution >= 4 is 47.2 Å². The van der Waals surface area contributed by atoms with Gasteiger partial charge >= 0.3 is 6.03 Å². The molecule has 0 spiro atoms. The van der Waals surface area contributed by atoms with Gasteiger partial charge < -0.3 is 4.90 Å². The molecule has 5 rings (SSSR count). The number of imide groups is 1. The molecule has 176 valence electrons. The number of hydrogen-bond acceptors (Lipinski definition) is 3. The third kappa shape index (κ3) is 5.42. The third-order valence-electron chi connectivity index (χ3n) is 5.83. The van der Waals surface area contributed by atoms with Gasteiger partial charge in [-0.1, -0.05) is 78.9 Å². The molecule has 0 aliphatic carbocycles. The molecule has 0 unspecified atom stereocenters. The maximum atomic E-state index is 11.7. The van der Waals surface area contributed by atoms with Crippen molar-refractivity contribution in [3.63, 3.8) is 0 Å². The molecule has 1 saturated heterocycles. The van der Waals surface area contributed by atoms with Crippen LogP contribution in [0.3, 0.4) is 0 Å². The van der Waals surface area contributed by atoms with Crippen LogP contribution < -0.4 is 10.2 Å². The fourth-order valence-corrected chi connectivity index (χ4v) is 4.05. The van der Waals surface area contributed by atoms with E-state index in [1.165, 1.54) is 4.90 Å². The van der Waals surface area contributed by atoms with Gasteiger partial charge in [-0.3, -0.25) is 15.0 Å². The minimum absolute atomic E-state index is 0.0525. The Kier molecular flexibility index (Phi) is 6.72. The Morgan fingerprint density at radius 1 is 0.611 bits per heavy atom. The zero-order valence-electron chi connectivity index (χ0n) is 19.6. The minimum Gasteiger partial charge on any atom is -0.311 e. The Morgan fingerprint density at radius 3 is 1.75 bits per heavy atom. The second kappa shape index (κ2) is 10.6. The van der Waals surface area contributed by atoms with Gasteiger partial charge in [0.05, 0.1) is 0 Å². The van der Waals surface area contributed by atoms with E-state index in [-0.39, 0.29) is 12.5 Å². The lowest BCUT2D eigenvalue weighted by molar-refractivity contribution is -0.118. The van der Waals surface area contributed by atoms with Crippen LogP contribution in [0, 0.1) is 0 Å². The topological polar surface area (TPSA) is 52.7 Å². The van der Waals surface area contributed by atoms with E-state index in [1.54, 1.807) is 6.20 Å². The van der Waals surface area contributed by atoms with Crippen LogP contribution in [-0.2, 0) is 4.79 Å². The van der Waals surface area contributed by atoms with Crippen LogP contribution in [0.25, 0.3) is 18.2 Å². The molecule has 0 aromatic heterocycles. The molecule has 36 heavy (non-hydrogen) atoms. The number of carbonyl (C=O) groups excluding carboxylic acids is 2. The van der Waals surface area contributed by atoms with E-state index >= 15 is 0 Å². The van der Waals surface area contributed by atoms with Crippen LogP contribution in [0.15, 0.2) is 115 Å². The normalized spacial score (nSPS) is 13.5. The van der Waals surface area contributed by atoms with Crippen molar-refractivity contribution in [3.05, 3.63) is 132 Å². The number of rotatable bonds is 7. The number of para-hydroxylation sites is 2. The van der Waals surface area contributed by atoms with E-state index in [0.717, 1.165) is 33.8 Å². The molecular weight excluding hydrogens is 446 g/mol. The molecule has 1 heterocycles. The van der Waals surface area contributed by atoms with E-state index < -0.39 is 6.03 Å². The number of nitrogens with zero attached hydrogens (tertiary/aromatic N) is 2. The summed E-state index contributed by atoms with van der Waals surface area (Å²) in [4.78, 5) is 26.6. The molecule has 1 fully saturated rings. The Hall–Kier alpha value is -4.90. The van der Waals surface area contributed by atoms with Crippen LogP contribution in [0.4, 0.5) is 21.9 Å². The fraction of sp³-hybridized carbons (Fsp3) is 0.0323. The van der Waals surface area contributed by atoms with Crippen LogP contribution in [0.5, 0.6) is 0 Å². The maximum absolute atomic E-state index is 11.7. The lowest BCUT2D eigenvalue weighted by atomic mass is 10.1. The first-order valence-electron chi connectivity index (χ1n) is 11.7. The van der Waals surface area contributed by atoms with Crippen LogP contribution in [0.1, 0.15) is 16.7 Å². The molecule has 0 atom stereocenters. The molecule has 0 saturated carbocycles. The molecule has 1 aliphatic rings. The van der Waals surface area contributed by atoms with Crippen molar-refractivity contribution in [2.24, 2.45) is 0 Å². The van der Waals surface area contributed by atoms with E-state index in [9.17, 15) is 9.59 Å². The van der Waals surface area contributed by atoms with E-state index in [2.05, 4.69) is 70.9 Å². The molecule has 5 heteroatoms. The largest absolute Gasteiger partial charge is 0.328 e. The Labute approximate surface area is 210 Å². The Balaban J connectivity index is 1.32. The molecule has 5 nitrogen and oxygen atoms in total. The monoisotopic (exact) mass is 471 g/mol. The number of urea groups is 1. The third-order valence-corrected chi connectivity index (χ3v) is 5.83. The molecule has 1 aliphatic heterocycles. The average Bonchev–Trinajstić information content (AvgIpc) is 3.25. The smallest absolute Gasteiger partial charge is 0.311 e. The van der Waals surface area contributed by atoms with E-state index in [4.69, 9.17) is 0 Å². The second-order valence-electron chi connectivity index (χ2n) is 8.40. The van der Waals surface area contributed by atoms with E-state index in [1.807, 2.05) is 66.7 Å². The summed E-state index contributed by atoms with van der Waals surface area (Å²) in [6.45, 7) is 0.0525. The van der Waals surface area contributed by atoms with Gasteiger partial charge in [0.15, 0.2) is 0 Å². The molecular formula is C31H25N3O2. The van der Waals surface area contributed by atoms with Gasteiger partial charge in [-0.15, -0.1) is 0 Å². The highest BCUT2D eigenvalue weighted by Gasteiger charge is 2.24. The summed E-state index contributed by atoms with van der Waals surface area (Å²) >= 11 is 0. The zero-order chi connectivity index (χ0) is 24.7. The summed E-state index contributed by atoms with van der Waals surface area (Å²) < 4.78 is 0. The predicted molar refractivity (Wildman–Crippen MR) is 146 cm³/mol. The van der Waals surface area contributed by atoms with Crippen molar-refractivity contribution in [3.8, 4) is 0 Å². The van der Waals surface area contributed by atoms with Gasteiger partial charge in [-0.05, 0) is 65.2 Å². The summed E-state index contributed by atoms with van der Waals surface area (Å²) in [5, 5.41) is 2.26. The predicted octanol–water partition coefficient (Wildman–Crippen LogP) is 6.85. The first kappa shape index (κ1) is 22.9. The number of amides is 3. The van der Waals surface area contributed by atoms with Gasteiger partial charge in [-0.2, -0.15) is 0 Å². The number of carbonyl (C=O) groups is 2. The number of hydrogen-bond donors (Lipinski definition) is 1. The number of benzene rings is 4. The molecule has 4 aromatic rings. The summed E-state index contributed by atoms with van der Waals surface area (Å²) in [5.41, 5.74) is 6.37. The van der Waals surface area contributed by atoms with Gasteiger partial charge in [0.2, 0.25) is 5.91 Å². The number of nitrogens with one attached hydrogen (secondary N) is 1. The lowest BCUT2D eigenvalue weighted by Gasteiger charge is -2.25. The summed E-state index contributed by atoms with van der Waals surface area (Å²) in [7, 11) is 0. The van der Waals surface area contributed by atoms with E-state index in [0.29, 0.717) is 0 Å². The summed E-state index contributed by atoms with van der Waals surface area (Å²) in [5.74, 6) is -0.289. The summed E-state index contributed by atoms with van der Waals surface area (Å²) in [6.07, 6.45) is 7.60. The highest BCUT2D eigenvalue weighted by atomic mass is 16.2. The Bertz CT molecular complexity index is 1370. The fourth-order valence-electron chi connectivity index (χ4n) is 4.05. The summed E-state index contributed by atoms with van der Waals surface area (Å²) in [6, 6.07) is 36.7.